The average Bonchev–Trinajstić information content (AvgIpc) is 2.28. The summed E-state index contributed by atoms with van der Waals surface area (Å²) < 4.78 is 1.92. The number of hydrogen-bond acceptors (Lipinski definition) is 2. The Hall–Kier alpha value is -0.880. The Morgan fingerprint density at radius 3 is 2.29 bits per heavy atom. The van der Waals surface area contributed by atoms with Crippen LogP contribution in [0.4, 0.5) is 5.69 Å². The highest BCUT2D eigenvalue weighted by molar-refractivity contribution is 14.1. The third kappa shape index (κ3) is 3.07. The van der Waals surface area contributed by atoms with Gasteiger partial charge in [-0.15, -0.1) is 0 Å². The standard InChI is InChI=1S/C13H9BrINO/c14-10-5-9(6-12(16)7-10)13(17)8-1-3-11(15)4-2-8/h1-7H,16H2. The number of benzene rings is 2. The highest BCUT2D eigenvalue weighted by Gasteiger charge is 2.10. The lowest BCUT2D eigenvalue weighted by Gasteiger charge is -2.04. The van der Waals surface area contributed by atoms with Gasteiger partial charge < -0.3 is 5.73 Å². The van der Waals surface area contributed by atoms with Crippen molar-refractivity contribution in [3.63, 3.8) is 0 Å². The van der Waals surface area contributed by atoms with Gasteiger partial charge in [-0.25, -0.2) is 0 Å². The second-order valence-electron chi connectivity index (χ2n) is 3.61. The molecule has 86 valence electrons. The summed E-state index contributed by atoms with van der Waals surface area (Å²) in [6.07, 6.45) is 0. The summed E-state index contributed by atoms with van der Waals surface area (Å²) >= 11 is 5.54. The molecule has 2 N–H and O–H groups in total. The van der Waals surface area contributed by atoms with E-state index in [0.717, 1.165) is 8.04 Å². The van der Waals surface area contributed by atoms with Crippen molar-refractivity contribution < 1.29 is 4.79 Å². The molecule has 0 unspecified atom stereocenters. The summed E-state index contributed by atoms with van der Waals surface area (Å²) in [6.45, 7) is 0. The first-order chi connectivity index (χ1) is 8.06. The van der Waals surface area contributed by atoms with Crippen molar-refractivity contribution in [1.29, 1.82) is 0 Å². The van der Waals surface area contributed by atoms with Crippen LogP contribution in [0.2, 0.25) is 0 Å². The summed E-state index contributed by atoms with van der Waals surface area (Å²) in [4.78, 5) is 12.2. The first kappa shape index (κ1) is 12.6. The molecule has 0 amide bonds. The molecule has 0 aromatic heterocycles. The Morgan fingerprint density at radius 1 is 1.06 bits per heavy atom. The predicted molar refractivity (Wildman–Crippen MR) is 81.1 cm³/mol. The van der Waals surface area contributed by atoms with Crippen molar-refractivity contribution in [2.45, 2.75) is 0 Å². The fourth-order valence-corrected chi connectivity index (χ4v) is 2.38. The van der Waals surface area contributed by atoms with Gasteiger partial charge >= 0.3 is 0 Å². The zero-order valence-electron chi connectivity index (χ0n) is 8.78. The summed E-state index contributed by atoms with van der Waals surface area (Å²) in [6, 6.07) is 12.7. The van der Waals surface area contributed by atoms with Gasteiger partial charge in [0.05, 0.1) is 0 Å². The maximum atomic E-state index is 12.2. The Kier molecular flexibility index (Phi) is 3.83. The summed E-state index contributed by atoms with van der Waals surface area (Å²) in [5, 5.41) is 0. The molecule has 4 heteroatoms. The van der Waals surface area contributed by atoms with Crippen LogP contribution in [-0.4, -0.2) is 5.78 Å². The van der Waals surface area contributed by atoms with Gasteiger partial charge in [-0.05, 0) is 65.1 Å². The lowest BCUT2D eigenvalue weighted by molar-refractivity contribution is 0.103. The number of nitrogen functional groups attached to an aromatic ring is 1. The molecule has 2 aromatic carbocycles. The molecule has 0 atom stereocenters. The minimum Gasteiger partial charge on any atom is -0.399 e. The fraction of sp³-hybridized carbons (Fsp3) is 0. The highest BCUT2D eigenvalue weighted by atomic mass is 127. The highest BCUT2D eigenvalue weighted by Crippen LogP contribution is 2.20. The van der Waals surface area contributed by atoms with E-state index in [2.05, 4.69) is 38.5 Å². The molecule has 2 rings (SSSR count). The lowest BCUT2D eigenvalue weighted by Crippen LogP contribution is -2.02. The number of nitrogens with two attached hydrogens (primary N) is 1. The van der Waals surface area contributed by atoms with Crippen LogP contribution in [0.5, 0.6) is 0 Å². The number of anilines is 1. The maximum absolute atomic E-state index is 12.2. The van der Waals surface area contributed by atoms with Gasteiger partial charge in [0.2, 0.25) is 0 Å². The Labute approximate surface area is 121 Å². The zero-order chi connectivity index (χ0) is 12.4. The van der Waals surface area contributed by atoms with E-state index in [1.807, 2.05) is 24.3 Å². The molecular weight excluding hydrogens is 393 g/mol. The van der Waals surface area contributed by atoms with E-state index in [0.29, 0.717) is 16.8 Å². The predicted octanol–water partition coefficient (Wildman–Crippen LogP) is 3.87. The van der Waals surface area contributed by atoms with Crippen LogP contribution in [-0.2, 0) is 0 Å². The third-order valence-electron chi connectivity index (χ3n) is 2.29. The molecule has 0 saturated carbocycles. The second-order valence-corrected chi connectivity index (χ2v) is 5.77. The molecule has 0 fully saturated rings. The number of ketones is 1. The zero-order valence-corrected chi connectivity index (χ0v) is 12.5. The number of carbonyl (C=O) groups is 1. The first-order valence-corrected chi connectivity index (χ1v) is 6.80. The van der Waals surface area contributed by atoms with Crippen LogP contribution < -0.4 is 5.73 Å². The largest absolute Gasteiger partial charge is 0.399 e. The smallest absolute Gasteiger partial charge is 0.193 e. The van der Waals surface area contributed by atoms with Crippen LogP contribution in [0.3, 0.4) is 0 Å². The van der Waals surface area contributed by atoms with Crippen LogP contribution in [0, 0.1) is 3.57 Å². The normalized spacial score (nSPS) is 10.2. The first-order valence-electron chi connectivity index (χ1n) is 4.92. The molecule has 0 aliphatic rings. The fourth-order valence-electron chi connectivity index (χ4n) is 1.51. The van der Waals surface area contributed by atoms with E-state index in [-0.39, 0.29) is 5.78 Å². The maximum Gasteiger partial charge on any atom is 0.193 e. The molecule has 0 saturated heterocycles. The number of carbonyl (C=O) groups excluding carboxylic acids is 1. The number of halogens is 2. The Balaban J connectivity index is 2.40. The average molecular weight is 402 g/mol. The molecule has 0 bridgehead atoms. The van der Waals surface area contributed by atoms with Crippen LogP contribution >= 0.6 is 38.5 Å². The minimum absolute atomic E-state index is 0.0191. The van der Waals surface area contributed by atoms with Crippen molar-refractivity contribution in [3.05, 3.63) is 61.6 Å². The Bertz CT molecular complexity index is 546. The number of rotatable bonds is 2. The van der Waals surface area contributed by atoms with Gasteiger partial charge in [-0.2, -0.15) is 0 Å². The van der Waals surface area contributed by atoms with E-state index in [1.165, 1.54) is 0 Å². The van der Waals surface area contributed by atoms with Crippen molar-refractivity contribution in [2.24, 2.45) is 0 Å². The van der Waals surface area contributed by atoms with E-state index in [4.69, 9.17) is 5.73 Å². The molecular formula is C13H9BrINO. The molecule has 17 heavy (non-hydrogen) atoms. The molecule has 0 radical (unpaired) electrons. The third-order valence-corrected chi connectivity index (χ3v) is 3.47. The van der Waals surface area contributed by atoms with Crippen molar-refractivity contribution in [3.8, 4) is 0 Å². The van der Waals surface area contributed by atoms with E-state index in [9.17, 15) is 4.79 Å². The van der Waals surface area contributed by atoms with Gasteiger partial charge in [-0.1, -0.05) is 15.9 Å². The molecule has 0 aliphatic heterocycles. The quantitative estimate of drug-likeness (QED) is 0.471. The van der Waals surface area contributed by atoms with E-state index < -0.39 is 0 Å². The van der Waals surface area contributed by atoms with Gasteiger partial charge in [0, 0.05) is 24.9 Å². The Morgan fingerprint density at radius 2 is 1.71 bits per heavy atom. The minimum atomic E-state index is -0.0191. The van der Waals surface area contributed by atoms with Crippen LogP contribution in [0.15, 0.2) is 46.9 Å². The van der Waals surface area contributed by atoms with Gasteiger partial charge in [0.1, 0.15) is 0 Å². The SMILES string of the molecule is Nc1cc(Br)cc(C(=O)c2ccc(I)cc2)c1. The van der Waals surface area contributed by atoms with Crippen LogP contribution in [0.1, 0.15) is 15.9 Å². The monoisotopic (exact) mass is 401 g/mol. The molecule has 2 aromatic rings. The molecule has 2 nitrogen and oxygen atoms in total. The summed E-state index contributed by atoms with van der Waals surface area (Å²) in [5.74, 6) is -0.0191. The van der Waals surface area contributed by atoms with Gasteiger partial charge in [-0.3, -0.25) is 4.79 Å². The van der Waals surface area contributed by atoms with Crippen LogP contribution in [0.25, 0.3) is 0 Å². The number of hydrogen-bond donors (Lipinski definition) is 1. The second kappa shape index (κ2) is 5.18. The lowest BCUT2D eigenvalue weighted by atomic mass is 10.0. The van der Waals surface area contributed by atoms with Gasteiger partial charge in [0.15, 0.2) is 5.78 Å². The van der Waals surface area contributed by atoms with Gasteiger partial charge in [0.25, 0.3) is 0 Å². The van der Waals surface area contributed by atoms with E-state index in [1.54, 1.807) is 18.2 Å². The van der Waals surface area contributed by atoms with E-state index >= 15 is 0 Å². The van der Waals surface area contributed by atoms with Crippen molar-refractivity contribution in [2.75, 3.05) is 5.73 Å². The molecule has 0 aliphatic carbocycles. The van der Waals surface area contributed by atoms with Crippen molar-refractivity contribution in [1.82, 2.24) is 0 Å². The summed E-state index contributed by atoms with van der Waals surface area (Å²) in [5.41, 5.74) is 7.56. The topological polar surface area (TPSA) is 43.1 Å². The summed E-state index contributed by atoms with van der Waals surface area (Å²) in [7, 11) is 0. The molecule has 0 heterocycles. The molecule has 0 spiro atoms. The van der Waals surface area contributed by atoms with Crippen molar-refractivity contribution >= 4 is 50.0 Å².